The molecule has 0 unspecified atom stereocenters. The van der Waals surface area contributed by atoms with Crippen molar-refractivity contribution in [3.8, 4) is 0 Å². The van der Waals surface area contributed by atoms with Crippen molar-refractivity contribution in [3.63, 3.8) is 0 Å². The molecule has 0 bridgehead atoms. The standard InChI is InChI=1S/C19H24ClN5O2/c1-19(2,11-13-5-7-14(20)8-6-13)22-9-10-25-12-21-16-15(25)17(26)24(4)18(27)23(16)3/h5-8,12,22H,9-11H2,1-4H3. The molecular weight excluding hydrogens is 366 g/mol. The molecule has 0 aliphatic carbocycles. The number of aryl methyl sites for hydroxylation is 1. The van der Waals surface area contributed by atoms with Gasteiger partial charge in [-0.2, -0.15) is 0 Å². The first kappa shape index (κ1) is 19.4. The van der Waals surface area contributed by atoms with E-state index in [1.54, 1.807) is 17.9 Å². The summed E-state index contributed by atoms with van der Waals surface area (Å²) in [6.45, 7) is 5.51. The van der Waals surface area contributed by atoms with Gasteiger partial charge in [0.15, 0.2) is 11.2 Å². The first-order valence-corrected chi connectivity index (χ1v) is 9.18. The number of rotatable bonds is 6. The minimum Gasteiger partial charge on any atom is -0.323 e. The molecule has 0 radical (unpaired) electrons. The molecule has 144 valence electrons. The van der Waals surface area contributed by atoms with E-state index in [-0.39, 0.29) is 16.8 Å². The molecule has 0 amide bonds. The van der Waals surface area contributed by atoms with E-state index < -0.39 is 0 Å². The maximum absolute atomic E-state index is 12.5. The van der Waals surface area contributed by atoms with Crippen LogP contribution in [-0.2, 0) is 27.1 Å². The lowest BCUT2D eigenvalue weighted by molar-refractivity contribution is 0.377. The molecule has 3 aromatic rings. The number of fused-ring (bicyclic) bond motifs is 1. The highest BCUT2D eigenvalue weighted by Gasteiger charge is 2.18. The third-order valence-corrected chi connectivity index (χ3v) is 4.98. The zero-order valence-corrected chi connectivity index (χ0v) is 16.7. The summed E-state index contributed by atoms with van der Waals surface area (Å²) in [6, 6.07) is 7.84. The lowest BCUT2D eigenvalue weighted by atomic mass is 9.95. The first-order valence-electron chi connectivity index (χ1n) is 8.80. The number of nitrogens with one attached hydrogen (secondary N) is 1. The van der Waals surface area contributed by atoms with Crippen LogP contribution in [0.5, 0.6) is 0 Å². The molecule has 0 aliphatic heterocycles. The number of imidazole rings is 1. The van der Waals surface area contributed by atoms with Gasteiger partial charge in [0.05, 0.1) is 6.33 Å². The van der Waals surface area contributed by atoms with Crippen LogP contribution < -0.4 is 16.6 Å². The second kappa shape index (κ2) is 7.32. The fraction of sp³-hybridized carbons (Fsp3) is 0.421. The summed E-state index contributed by atoms with van der Waals surface area (Å²) >= 11 is 5.94. The number of hydrogen-bond acceptors (Lipinski definition) is 4. The van der Waals surface area contributed by atoms with Crippen LogP contribution in [0, 0.1) is 0 Å². The highest BCUT2D eigenvalue weighted by Crippen LogP contribution is 2.16. The molecule has 0 atom stereocenters. The zero-order valence-electron chi connectivity index (χ0n) is 16.0. The summed E-state index contributed by atoms with van der Waals surface area (Å²) in [5.74, 6) is 0. The van der Waals surface area contributed by atoms with Gasteiger partial charge in [0.1, 0.15) is 0 Å². The second-order valence-corrected chi connectivity index (χ2v) is 7.87. The highest BCUT2D eigenvalue weighted by atomic mass is 35.5. The van der Waals surface area contributed by atoms with Crippen molar-refractivity contribution >= 4 is 22.8 Å². The Kier molecular flexibility index (Phi) is 5.26. The summed E-state index contributed by atoms with van der Waals surface area (Å²) in [6.07, 6.45) is 2.46. The largest absolute Gasteiger partial charge is 0.332 e. The van der Waals surface area contributed by atoms with E-state index in [0.29, 0.717) is 24.3 Å². The van der Waals surface area contributed by atoms with Gasteiger partial charge in [-0.1, -0.05) is 23.7 Å². The lowest BCUT2D eigenvalue weighted by Gasteiger charge is -2.27. The Labute approximate surface area is 162 Å². The number of halogens is 1. The number of benzene rings is 1. The van der Waals surface area contributed by atoms with Crippen molar-refractivity contribution in [1.29, 1.82) is 0 Å². The van der Waals surface area contributed by atoms with Crippen LogP contribution in [0.15, 0.2) is 40.2 Å². The van der Waals surface area contributed by atoms with E-state index in [9.17, 15) is 9.59 Å². The van der Waals surface area contributed by atoms with E-state index in [4.69, 9.17) is 11.6 Å². The zero-order chi connectivity index (χ0) is 19.8. The molecule has 0 spiro atoms. The molecule has 8 heteroatoms. The summed E-state index contributed by atoms with van der Waals surface area (Å²) in [5, 5.41) is 4.26. The van der Waals surface area contributed by atoms with Crippen molar-refractivity contribution in [2.24, 2.45) is 14.1 Å². The van der Waals surface area contributed by atoms with Gasteiger partial charge in [-0.15, -0.1) is 0 Å². The minimum absolute atomic E-state index is 0.123. The van der Waals surface area contributed by atoms with E-state index in [0.717, 1.165) is 16.0 Å². The average Bonchev–Trinajstić information content (AvgIpc) is 3.04. The lowest BCUT2D eigenvalue weighted by Crippen LogP contribution is -2.43. The second-order valence-electron chi connectivity index (χ2n) is 7.43. The van der Waals surface area contributed by atoms with Crippen LogP contribution in [0.25, 0.3) is 11.2 Å². The summed E-state index contributed by atoms with van der Waals surface area (Å²) in [7, 11) is 3.10. The van der Waals surface area contributed by atoms with E-state index in [1.807, 2.05) is 24.3 Å². The maximum atomic E-state index is 12.5. The third kappa shape index (κ3) is 3.99. The molecule has 0 saturated heterocycles. The van der Waals surface area contributed by atoms with Crippen molar-refractivity contribution in [2.75, 3.05) is 6.54 Å². The Morgan fingerprint density at radius 2 is 1.78 bits per heavy atom. The van der Waals surface area contributed by atoms with Gasteiger partial charge in [0.25, 0.3) is 5.56 Å². The van der Waals surface area contributed by atoms with Crippen LogP contribution in [0.4, 0.5) is 0 Å². The van der Waals surface area contributed by atoms with E-state index >= 15 is 0 Å². The third-order valence-electron chi connectivity index (χ3n) is 4.73. The van der Waals surface area contributed by atoms with Crippen LogP contribution in [0.2, 0.25) is 5.02 Å². The molecule has 27 heavy (non-hydrogen) atoms. The molecule has 0 aliphatic rings. The fourth-order valence-electron chi connectivity index (χ4n) is 3.26. The van der Waals surface area contributed by atoms with Crippen LogP contribution in [-0.4, -0.2) is 30.8 Å². The van der Waals surface area contributed by atoms with Gasteiger partial charge in [-0.25, -0.2) is 9.78 Å². The average molecular weight is 390 g/mol. The molecular formula is C19H24ClN5O2. The van der Waals surface area contributed by atoms with Gasteiger partial charge in [0.2, 0.25) is 0 Å². The smallest absolute Gasteiger partial charge is 0.323 e. The maximum Gasteiger partial charge on any atom is 0.332 e. The Morgan fingerprint density at radius 3 is 2.44 bits per heavy atom. The van der Waals surface area contributed by atoms with E-state index in [1.165, 1.54) is 17.2 Å². The SMILES string of the molecule is Cn1c(=O)c2c(ncn2CCNC(C)(C)Cc2ccc(Cl)cc2)n(C)c1=O. The van der Waals surface area contributed by atoms with Gasteiger partial charge < -0.3 is 9.88 Å². The van der Waals surface area contributed by atoms with Crippen LogP contribution >= 0.6 is 11.6 Å². The molecule has 1 N–H and O–H groups in total. The Morgan fingerprint density at radius 1 is 1.11 bits per heavy atom. The predicted octanol–water partition coefficient (Wildman–Crippen LogP) is 1.70. The molecule has 1 aromatic carbocycles. The molecule has 2 heterocycles. The van der Waals surface area contributed by atoms with Crippen molar-refractivity contribution in [2.45, 2.75) is 32.4 Å². The number of aromatic nitrogens is 4. The molecule has 3 rings (SSSR count). The van der Waals surface area contributed by atoms with Gasteiger partial charge in [-0.3, -0.25) is 13.9 Å². The van der Waals surface area contributed by atoms with E-state index in [2.05, 4.69) is 24.1 Å². The normalized spacial score (nSPS) is 12.0. The number of nitrogens with zero attached hydrogens (tertiary/aromatic N) is 4. The summed E-state index contributed by atoms with van der Waals surface area (Å²) in [4.78, 5) is 28.7. The van der Waals surface area contributed by atoms with Gasteiger partial charge >= 0.3 is 5.69 Å². The van der Waals surface area contributed by atoms with Crippen molar-refractivity contribution < 1.29 is 0 Å². The predicted molar refractivity (Wildman–Crippen MR) is 107 cm³/mol. The fourth-order valence-corrected chi connectivity index (χ4v) is 3.38. The molecule has 0 saturated carbocycles. The molecule has 7 nitrogen and oxygen atoms in total. The molecule has 0 fully saturated rings. The van der Waals surface area contributed by atoms with Gasteiger partial charge in [-0.05, 0) is 38.0 Å². The quantitative estimate of drug-likeness (QED) is 0.696. The van der Waals surface area contributed by atoms with Gasteiger partial charge in [0, 0.05) is 37.7 Å². The monoisotopic (exact) mass is 389 g/mol. The Balaban J connectivity index is 1.73. The molecule has 2 aromatic heterocycles. The topological polar surface area (TPSA) is 73.8 Å². The van der Waals surface area contributed by atoms with Crippen molar-refractivity contribution in [3.05, 3.63) is 62.0 Å². The van der Waals surface area contributed by atoms with Crippen LogP contribution in [0.1, 0.15) is 19.4 Å². The Hall–Kier alpha value is -2.38. The highest BCUT2D eigenvalue weighted by molar-refractivity contribution is 6.30. The summed E-state index contributed by atoms with van der Waals surface area (Å²) in [5.41, 5.74) is 1.22. The number of hydrogen-bond donors (Lipinski definition) is 1. The minimum atomic E-state index is -0.375. The summed E-state index contributed by atoms with van der Waals surface area (Å²) < 4.78 is 4.30. The van der Waals surface area contributed by atoms with Crippen LogP contribution in [0.3, 0.4) is 0 Å². The first-order chi connectivity index (χ1) is 12.7. The van der Waals surface area contributed by atoms with Crippen molar-refractivity contribution in [1.82, 2.24) is 24.0 Å². The Bertz CT molecular complexity index is 1080.